The Hall–Kier alpha value is -2.68. The van der Waals surface area contributed by atoms with Crippen LogP contribution in [0.1, 0.15) is 17.5 Å². The molecule has 5 rings (SSSR count). The van der Waals surface area contributed by atoms with Crippen LogP contribution in [0.25, 0.3) is 0 Å². The lowest BCUT2D eigenvalue weighted by atomic mass is 9.83. The zero-order chi connectivity index (χ0) is 24.9. The van der Waals surface area contributed by atoms with Crippen molar-refractivity contribution in [1.29, 1.82) is 0 Å². The van der Waals surface area contributed by atoms with E-state index in [-0.39, 0.29) is 23.7 Å². The molecule has 2 saturated heterocycles. The molecule has 2 aromatic rings. The lowest BCUT2D eigenvalue weighted by Crippen LogP contribution is -2.61. The molecule has 0 saturated carbocycles. The topological polar surface area (TPSA) is 57.3 Å². The van der Waals surface area contributed by atoms with Crippen LogP contribution >= 0.6 is 0 Å². The van der Waals surface area contributed by atoms with Crippen molar-refractivity contribution in [2.75, 3.05) is 71.0 Å². The summed E-state index contributed by atoms with van der Waals surface area (Å²) in [5.74, 6) is 0.640. The van der Waals surface area contributed by atoms with Gasteiger partial charge in [-0.3, -0.25) is 14.6 Å². The van der Waals surface area contributed by atoms with Crippen LogP contribution < -0.4 is 15.0 Å². The molecule has 0 aliphatic carbocycles. The second-order valence-corrected chi connectivity index (χ2v) is 10.0. The summed E-state index contributed by atoms with van der Waals surface area (Å²) < 4.78 is 24.3. The van der Waals surface area contributed by atoms with Gasteiger partial charge in [-0.1, -0.05) is 18.2 Å². The van der Waals surface area contributed by atoms with E-state index in [2.05, 4.69) is 32.1 Å². The number of anilines is 1. The molecular weight excluding hydrogens is 459 g/mol. The van der Waals surface area contributed by atoms with E-state index in [1.165, 1.54) is 23.4 Å². The molecule has 0 spiro atoms. The Morgan fingerprint density at radius 2 is 1.89 bits per heavy atom. The molecular formula is C28H37FN4O3. The second kappa shape index (κ2) is 11.6. The zero-order valence-electron chi connectivity index (χ0n) is 21.1. The van der Waals surface area contributed by atoms with Crippen molar-refractivity contribution >= 4 is 11.6 Å². The fourth-order valence-electron chi connectivity index (χ4n) is 5.73. The van der Waals surface area contributed by atoms with Crippen LogP contribution in [0, 0.1) is 11.7 Å². The van der Waals surface area contributed by atoms with Gasteiger partial charge < -0.3 is 19.7 Å². The molecule has 3 heterocycles. The molecule has 1 amide bonds. The van der Waals surface area contributed by atoms with Crippen molar-refractivity contribution in [3.05, 3.63) is 59.4 Å². The lowest BCUT2D eigenvalue weighted by molar-refractivity contribution is -0.126. The van der Waals surface area contributed by atoms with E-state index in [0.717, 1.165) is 83.2 Å². The van der Waals surface area contributed by atoms with E-state index < -0.39 is 0 Å². The molecule has 0 radical (unpaired) electrons. The normalized spacial score (nSPS) is 22.6. The van der Waals surface area contributed by atoms with Crippen LogP contribution in [0.15, 0.2) is 42.5 Å². The minimum atomic E-state index is -0.216. The number of methoxy groups -OCH3 is 1. The SMILES string of the molecule is COc1ccc2c(c1)N1CCN(Cc3ccc(F)cc3)C[C@H]1[C@H](C(=O)NCCCN1CCOCC1)C2. The maximum absolute atomic E-state index is 13.5. The van der Waals surface area contributed by atoms with E-state index >= 15 is 0 Å². The summed E-state index contributed by atoms with van der Waals surface area (Å²) in [6, 6.07) is 13.0. The molecule has 7 nitrogen and oxygen atoms in total. The number of carbonyl (C=O) groups is 1. The first-order valence-electron chi connectivity index (χ1n) is 13.1. The number of benzene rings is 2. The van der Waals surface area contributed by atoms with Crippen molar-refractivity contribution in [2.45, 2.75) is 25.4 Å². The van der Waals surface area contributed by atoms with E-state index in [4.69, 9.17) is 9.47 Å². The minimum absolute atomic E-state index is 0.0815. The fraction of sp³-hybridized carbons (Fsp3) is 0.536. The third-order valence-corrected chi connectivity index (χ3v) is 7.72. The van der Waals surface area contributed by atoms with Crippen LogP contribution in [0.4, 0.5) is 10.1 Å². The van der Waals surface area contributed by atoms with Crippen molar-refractivity contribution in [2.24, 2.45) is 5.92 Å². The Balaban J connectivity index is 1.27. The van der Waals surface area contributed by atoms with Gasteiger partial charge in [0.15, 0.2) is 0 Å². The average molecular weight is 497 g/mol. The third kappa shape index (κ3) is 5.82. The van der Waals surface area contributed by atoms with Gasteiger partial charge in [-0.05, 0) is 48.7 Å². The second-order valence-electron chi connectivity index (χ2n) is 10.0. The highest BCUT2D eigenvalue weighted by Crippen LogP contribution is 2.38. The van der Waals surface area contributed by atoms with Crippen LogP contribution in [0.2, 0.25) is 0 Å². The number of nitrogens with one attached hydrogen (secondary N) is 1. The predicted octanol–water partition coefficient (Wildman–Crippen LogP) is 2.54. The molecule has 3 aliphatic heterocycles. The van der Waals surface area contributed by atoms with E-state index in [0.29, 0.717) is 6.54 Å². The number of ether oxygens (including phenoxy) is 2. The number of rotatable bonds is 8. The smallest absolute Gasteiger partial charge is 0.225 e. The monoisotopic (exact) mass is 496 g/mol. The quantitative estimate of drug-likeness (QED) is 0.567. The lowest BCUT2D eigenvalue weighted by Gasteiger charge is -2.49. The maximum Gasteiger partial charge on any atom is 0.225 e. The molecule has 0 unspecified atom stereocenters. The van der Waals surface area contributed by atoms with Gasteiger partial charge in [0, 0.05) is 57.6 Å². The summed E-state index contributed by atoms with van der Waals surface area (Å²) in [6.07, 6.45) is 1.66. The van der Waals surface area contributed by atoms with Gasteiger partial charge in [0.05, 0.1) is 32.3 Å². The minimum Gasteiger partial charge on any atom is -0.497 e. The summed E-state index contributed by atoms with van der Waals surface area (Å²) in [5, 5.41) is 3.24. The molecule has 194 valence electrons. The Morgan fingerprint density at radius 1 is 1.08 bits per heavy atom. The van der Waals surface area contributed by atoms with E-state index in [1.807, 2.05) is 18.2 Å². The van der Waals surface area contributed by atoms with E-state index in [9.17, 15) is 9.18 Å². The molecule has 36 heavy (non-hydrogen) atoms. The number of hydrogen-bond donors (Lipinski definition) is 1. The number of halogens is 1. The molecule has 2 atom stereocenters. The van der Waals surface area contributed by atoms with Crippen molar-refractivity contribution < 1.29 is 18.7 Å². The Bertz CT molecular complexity index is 1030. The summed E-state index contributed by atoms with van der Waals surface area (Å²) in [5.41, 5.74) is 3.47. The van der Waals surface area contributed by atoms with Crippen LogP contribution in [-0.2, 0) is 22.5 Å². The molecule has 0 bridgehead atoms. The highest BCUT2D eigenvalue weighted by Gasteiger charge is 2.41. The third-order valence-electron chi connectivity index (χ3n) is 7.72. The van der Waals surface area contributed by atoms with Gasteiger partial charge in [-0.25, -0.2) is 4.39 Å². The first-order valence-corrected chi connectivity index (χ1v) is 13.1. The number of morpholine rings is 1. The number of nitrogens with zero attached hydrogens (tertiary/aromatic N) is 3. The van der Waals surface area contributed by atoms with Gasteiger partial charge in [-0.15, -0.1) is 0 Å². The number of fused-ring (bicyclic) bond motifs is 3. The standard InChI is InChI=1S/C28H37FN4O3/c1-35-24-8-5-22-17-25(28(34)30-9-2-10-31-13-15-36-16-14-31)27-20-32(11-12-33(27)26(22)18-24)19-21-3-6-23(29)7-4-21/h3-8,18,25,27H,2,9-17,19-20H2,1H3,(H,30,34)/t25-,27+/m1/s1. The molecule has 1 N–H and O–H groups in total. The van der Waals surface area contributed by atoms with Crippen LogP contribution in [0.5, 0.6) is 5.75 Å². The number of amides is 1. The number of piperazine rings is 1. The van der Waals surface area contributed by atoms with Gasteiger partial charge >= 0.3 is 0 Å². The van der Waals surface area contributed by atoms with Gasteiger partial charge in [0.2, 0.25) is 5.91 Å². The van der Waals surface area contributed by atoms with Gasteiger partial charge in [0.25, 0.3) is 0 Å². The van der Waals surface area contributed by atoms with Gasteiger partial charge in [0.1, 0.15) is 11.6 Å². The first-order chi connectivity index (χ1) is 17.6. The summed E-state index contributed by atoms with van der Waals surface area (Å²) in [7, 11) is 1.69. The molecule has 2 fully saturated rings. The Labute approximate surface area is 213 Å². The van der Waals surface area contributed by atoms with Gasteiger partial charge in [-0.2, -0.15) is 0 Å². The fourth-order valence-corrected chi connectivity index (χ4v) is 5.73. The summed E-state index contributed by atoms with van der Waals surface area (Å²) in [6.45, 7) is 8.48. The maximum atomic E-state index is 13.5. The van der Waals surface area contributed by atoms with Crippen LogP contribution in [-0.4, -0.2) is 87.9 Å². The first kappa shape index (κ1) is 25.0. The number of carbonyl (C=O) groups excluding carboxylic acids is 1. The summed E-state index contributed by atoms with van der Waals surface area (Å²) >= 11 is 0. The Morgan fingerprint density at radius 3 is 2.67 bits per heavy atom. The zero-order valence-corrected chi connectivity index (χ0v) is 21.1. The van der Waals surface area contributed by atoms with Crippen LogP contribution in [0.3, 0.4) is 0 Å². The Kier molecular flexibility index (Phi) is 8.04. The molecule has 2 aromatic carbocycles. The van der Waals surface area contributed by atoms with E-state index in [1.54, 1.807) is 7.11 Å². The summed E-state index contributed by atoms with van der Waals surface area (Å²) in [4.78, 5) is 20.7. The predicted molar refractivity (Wildman–Crippen MR) is 138 cm³/mol. The average Bonchev–Trinajstić information content (AvgIpc) is 2.92. The van der Waals surface area contributed by atoms with Crippen molar-refractivity contribution in [1.82, 2.24) is 15.1 Å². The highest BCUT2D eigenvalue weighted by atomic mass is 19.1. The molecule has 3 aliphatic rings. The van der Waals surface area contributed by atoms with Crippen molar-refractivity contribution in [3.8, 4) is 5.75 Å². The highest BCUT2D eigenvalue weighted by molar-refractivity contribution is 5.82. The molecule has 8 heteroatoms. The van der Waals surface area contributed by atoms with Crippen molar-refractivity contribution in [3.63, 3.8) is 0 Å². The largest absolute Gasteiger partial charge is 0.497 e. The number of hydrogen-bond acceptors (Lipinski definition) is 6. The molecule has 0 aromatic heterocycles.